The Morgan fingerprint density at radius 1 is 1.58 bits per heavy atom. The highest BCUT2D eigenvalue weighted by atomic mass is 32.3. The third kappa shape index (κ3) is 4.97. The van der Waals surface area contributed by atoms with Gasteiger partial charge in [0.05, 0.1) is 0 Å². The first-order chi connectivity index (χ1) is 5.52. The lowest BCUT2D eigenvalue weighted by molar-refractivity contribution is 0.470. The molecule has 4 nitrogen and oxygen atoms in total. The highest BCUT2D eigenvalue weighted by molar-refractivity contribution is 8.11. The summed E-state index contributed by atoms with van der Waals surface area (Å²) >= 11 is 1.08. The molecule has 0 aliphatic carbocycles. The highest BCUT2D eigenvalue weighted by Crippen LogP contribution is 2.08. The third-order valence-electron chi connectivity index (χ3n) is 1.33. The van der Waals surface area contributed by atoms with Crippen molar-refractivity contribution in [3.63, 3.8) is 0 Å². The van der Waals surface area contributed by atoms with Crippen LogP contribution in [0.1, 0.15) is 19.8 Å². The summed E-state index contributed by atoms with van der Waals surface area (Å²) in [4.78, 5) is 0. The minimum absolute atomic E-state index is 0.613. The maximum Gasteiger partial charge on any atom is 0.290 e. The van der Waals surface area contributed by atoms with Crippen molar-refractivity contribution in [2.45, 2.75) is 24.5 Å². The van der Waals surface area contributed by atoms with Crippen LogP contribution in [0.5, 0.6) is 0 Å². The van der Waals surface area contributed by atoms with Crippen LogP contribution in [0, 0.1) is 0 Å². The molecule has 0 rings (SSSR count). The van der Waals surface area contributed by atoms with Gasteiger partial charge in [-0.15, -0.1) is 11.8 Å². The van der Waals surface area contributed by atoms with E-state index in [2.05, 4.69) is 5.32 Å². The average Bonchev–Trinajstić information content (AvgIpc) is 1.95. The van der Waals surface area contributed by atoms with E-state index < -0.39 is 14.8 Å². The fraction of sp³-hybridized carbons (Fsp3) is 1.00. The zero-order valence-corrected chi connectivity index (χ0v) is 8.91. The Morgan fingerprint density at radius 2 is 2.17 bits per heavy atom. The van der Waals surface area contributed by atoms with Gasteiger partial charge in [-0.25, -0.2) is 0 Å². The topological polar surface area (TPSA) is 66.4 Å². The second-order valence-electron chi connectivity index (χ2n) is 2.39. The van der Waals surface area contributed by atoms with Crippen LogP contribution < -0.4 is 5.32 Å². The smallest absolute Gasteiger partial charge is 0.290 e. The molecule has 6 heteroatoms. The summed E-state index contributed by atoms with van der Waals surface area (Å²) in [6.07, 6.45) is 3.55. The van der Waals surface area contributed by atoms with Gasteiger partial charge in [-0.3, -0.25) is 9.87 Å². The summed E-state index contributed by atoms with van der Waals surface area (Å²) in [6.45, 7) is 2.63. The van der Waals surface area contributed by atoms with E-state index in [0.717, 1.165) is 24.6 Å². The van der Waals surface area contributed by atoms with E-state index in [4.69, 9.17) is 4.55 Å². The third-order valence-corrected chi connectivity index (χ3v) is 3.94. The molecule has 0 aromatic carbocycles. The van der Waals surface area contributed by atoms with Crippen LogP contribution in [0.3, 0.4) is 0 Å². The van der Waals surface area contributed by atoms with Crippen molar-refractivity contribution < 1.29 is 13.0 Å². The Morgan fingerprint density at radius 3 is 2.50 bits per heavy atom. The summed E-state index contributed by atoms with van der Waals surface area (Å²) in [7, 11) is -3.94. The molecule has 1 unspecified atom stereocenters. The molecule has 0 bridgehead atoms. The van der Waals surface area contributed by atoms with Crippen LogP contribution >= 0.6 is 11.8 Å². The monoisotopic (exact) mass is 213 g/mol. The zero-order chi connectivity index (χ0) is 9.61. The van der Waals surface area contributed by atoms with Crippen molar-refractivity contribution >= 4 is 21.9 Å². The minimum Gasteiger partial charge on any atom is -0.291 e. The van der Waals surface area contributed by atoms with Crippen molar-refractivity contribution in [1.29, 1.82) is 0 Å². The minimum atomic E-state index is -3.94. The second-order valence-corrected chi connectivity index (χ2v) is 5.13. The summed E-state index contributed by atoms with van der Waals surface area (Å²) in [5.41, 5.74) is 0. The van der Waals surface area contributed by atoms with Gasteiger partial charge in [-0.2, -0.15) is 8.42 Å². The predicted octanol–water partition coefficient (Wildman–Crippen LogP) is 0.911. The van der Waals surface area contributed by atoms with E-state index in [0.29, 0.717) is 6.54 Å². The lowest BCUT2D eigenvalue weighted by Crippen LogP contribution is -2.33. The first-order valence-electron chi connectivity index (χ1n) is 3.74. The van der Waals surface area contributed by atoms with Crippen molar-refractivity contribution in [3.8, 4) is 0 Å². The van der Waals surface area contributed by atoms with E-state index >= 15 is 0 Å². The molecule has 0 amide bonds. The van der Waals surface area contributed by atoms with E-state index in [9.17, 15) is 8.42 Å². The molecule has 2 N–H and O–H groups in total. The Kier molecular flexibility index (Phi) is 5.90. The van der Waals surface area contributed by atoms with Crippen LogP contribution in [0.2, 0.25) is 0 Å². The summed E-state index contributed by atoms with van der Waals surface area (Å²) in [6, 6.07) is 0. The predicted molar refractivity (Wildman–Crippen MR) is 51.8 cm³/mol. The maximum atomic E-state index is 10.6. The van der Waals surface area contributed by atoms with Gasteiger partial charge >= 0.3 is 0 Å². The molecule has 0 aromatic rings. The molecule has 0 radical (unpaired) electrons. The second kappa shape index (κ2) is 5.80. The molecule has 0 saturated carbocycles. The van der Waals surface area contributed by atoms with Crippen LogP contribution in [0.4, 0.5) is 0 Å². The van der Waals surface area contributed by atoms with E-state index in [1.807, 2.05) is 6.92 Å². The van der Waals surface area contributed by atoms with Gasteiger partial charge in [0.1, 0.15) is 0 Å². The highest BCUT2D eigenvalue weighted by Gasteiger charge is 2.19. The van der Waals surface area contributed by atoms with Crippen LogP contribution in [0.15, 0.2) is 0 Å². The number of rotatable bonds is 6. The Labute approximate surface area is 77.9 Å². The summed E-state index contributed by atoms with van der Waals surface area (Å²) in [5.74, 6) is 0. The Bertz CT molecular complexity index is 203. The lowest BCUT2D eigenvalue weighted by atomic mass is 10.3. The quantitative estimate of drug-likeness (QED) is 0.390. The molecular weight excluding hydrogens is 198 g/mol. The average molecular weight is 213 g/mol. The van der Waals surface area contributed by atoms with E-state index in [-0.39, 0.29) is 0 Å². The zero-order valence-electron chi connectivity index (χ0n) is 7.28. The normalized spacial score (nSPS) is 14.6. The number of unbranched alkanes of at least 4 members (excludes halogenated alkanes) is 1. The first-order valence-corrected chi connectivity index (χ1v) is 6.54. The van der Waals surface area contributed by atoms with Gasteiger partial charge in [0.15, 0.2) is 4.71 Å². The summed E-state index contributed by atoms with van der Waals surface area (Å²) < 4.78 is 29.0. The molecule has 0 fully saturated rings. The Hall–Kier alpha value is 0.220. The first kappa shape index (κ1) is 12.2. The molecule has 12 heavy (non-hydrogen) atoms. The molecule has 0 spiro atoms. The fourth-order valence-electron chi connectivity index (χ4n) is 0.707. The summed E-state index contributed by atoms with van der Waals surface area (Å²) in [5, 5.41) is 2.74. The lowest BCUT2D eigenvalue weighted by Gasteiger charge is -2.12. The van der Waals surface area contributed by atoms with Crippen molar-refractivity contribution in [3.05, 3.63) is 0 Å². The molecule has 74 valence electrons. The SMILES string of the molecule is CCCCNC(SC)S(=O)(=O)O. The van der Waals surface area contributed by atoms with Crippen LogP contribution in [-0.2, 0) is 10.1 Å². The van der Waals surface area contributed by atoms with Crippen LogP contribution in [-0.4, -0.2) is 30.5 Å². The van der Waals surface area contributed by atoms with Gasteiger partial charge in [0, 0.05) is 0 Å². The van der Waals surface area contributed by atoms with Gasteiger partial charge in [-0.05, 0) is 19.2 Å². The number of hydrogen-bond acceptors (Lipinski definition) is 4. The van der Waals surface area contributed by atoms with E-state index in [1.165, 1.54) is 0 Å². The van der Waals surface area contributed by atoms with Gasteiger partial charge in [0.2, 0.25) is 0 Å². The van der Waals surface area contributed by atoms with E-state index in [1.54, 1.807) is 6.26 Å². The Balaban J connectivity index is 3.85. The molecule has 0 saturated heterocycles. The number of hydrogen-bond donors (Lipinski definition) is 2. The largest absolute Gasteiger partial charge is 0.291 e. The van der Waals surface area contributed by atoms with Crippen molar-refractivity contribution in [2.75, 3.05) is 12.8 Å². The van der Waals surface area contributed by atoms with Gasteiger partial charge < -0.3 is 0 Å². The molecule has 0 heterocycles. The molecule has 0 aromatic heterocycles. The molecule has 0 aliphatic heterocycles. The van der Waals surface area contributed by atoms with Crippen LogP contribution in [0.25, 0.3) is 0 Å². The molecule has 1 atom stereocenters. The fourth-order valence-corrected chi connectivity index (χ4v) is 2.29. The number of thioether (sulfide) groups is 1. The molecule has 0 aliphatic rings. The number of nitrogens with one attached hydrogen (secondary N) is 1. The van der Waals surface area contributed by atoms with Crippen molar-refractivity contribution in [1.82, 2.24) is 5.32 Å². The van der Waals surface area contributed by atoms with Gasteiger partial charge in [-0.1, -0.05) is 13.3 Å². The standard InChI is InChI=1S/C6H15NO3S2/c1-3-4-5-7-6(11-2)12(8,9)10/h6-7H,3-5H2,1-2H3,(H,8,9,10). The molecular formula is C6H15NO3S2. The van der Waals surface area contributed by atoms with Gasteiger partial charge in [0.25, 0.3) is 10.1 Å². The maximum absolute atomic E-state index is 10.6. The van der Waals surface area contributed by atoms with Crippen molar-refractivity contribution in [2.24, 2.45) is 0 Å².